The molecule has 1 N–H and O–H groups in total. The number of hydrogen-bond acceptors (Lipinski definition) is 3. The van der Waals surface area contributed by atoms with Crippen molar-refractivity contribution in [2.45, 2.75) is 45.8 Å². The molecule has 0 aromatic rings. The highest BCUT2D eigenvalue weighted by molar-refractivity contribution is 5.80. The second-order valence-electron chi connectivity index (χ2n) is 4.74. The zero-order chi connectivity index (χ0) is 10.8. The molecule has 0 spiro atoms. The summed E-state index contributed by atoms with van der Waals surface area (Å²) in [6, 6.07) is 0. The molecule has 1 saturated heterocycles. The van der Waals surface area contributed by atoms with Gasteiger partial charge in [-0.2, -0.15) is 0 Å². The second kappa shape index (κ2) is 4.28. The lowest BCUT2D eigenvalue weighted by atomic mass is 10.0. The molecule has 1 rings (SSSR count). The third-order valence-electron chi connectivity index (χ3n) is 2.10. The van der Waals surface area contributed by atoms with Crippen molar-refractivity contribution in [3.63, 3.8) is 0 Å². The Bertz CT molecular complexity index is 210. The number of carbonyl (C=O) groups excluding carboxylic acids is 1. The molecule has 4 nitrogen and oxygen atoms in total. The number of rotatable bonds is 2. The van der Waals surface area contributed by atoms with Gasteiger partial charge < -0.3 is 4.74 Å². The summed E-state index contributed by atoms with van der Waals surface area (Å²) in [5, 5.41) is 0. The van der Waals surface area contributed by atoms with Gasteiger partial charge in [0, 0.05) is 6.61 Å². The van der Waals surface area contributed by atoms with Crippen molar-refractivity contribution in [2.24, 2.45) is 5.92 Å². The summed E-state index contributed by atoms with van der Waals surface area (Å²) in [7, 11) is 0. The average Bonchev–Trinajstić information content (AvgIpc) is 2.46. The molecule has 2 unspecified atom stereocenters. The smallest absolute Gasteiger partial charge is 0.272 e. The summed E-state index contributed by atoms with van der Waals surface area (Å²) in [6.45, 7) is 8.31. The standard InChI is InChI=1S/C10H19NO3/c1-7-5-6-13-8(7)9(12)11-14-10(2,3)4/h7-8H,5-6H2,1-4H3,(H,11,12). The van der Waals surface area contributed by atoms with Gasteiger partial charge in [-0.1, -0.05) is 6.92 Å². The molecule has 1 fully saturated rings. The Morgan fingerprint density at radius 3 is 2.57 bits per heavy atom. The van der Waals surface area contributed by atoms with Crippen molar-refractivity contribution < 1.29 is 14.4 Å². The van der Waals surface area contributed by atoms with E-state index in [0.717, 1.165) is 6.42 Å². The number of ether oxygens (including phenoxy) is 1. The van der Waals surface area contributed by atoms with E-state index in [1.807, 2.05) is 27.7 Å². The van der Waals surface area contributed by atoms with Crippen molar-refractivity contribution >= 4 is 5.91 Å². The van der Waals surface area contributed by atoms with Gasteiger partial charge in [-0.25, -0.2) is 5.48 Å². The predicted molar refractivity (Wildman–Crippen MR) is 52.5 cm³/mol. The van der Waals surface area contributed by atoms with E-state index in [1.165, 1.54) is 0 Å². The van der Waals surface area contributed by atoms with Crippen molar-refractivity contribution in [1.82, 2.24) is 5.48 Å². The topological polar surface area (TPSA) is 47.6 Å². The van der Waals surface area contributed by atoms with E-state index >= 15 is 0 Å². The fraction of sp³-hybridized carbons (Fsp3) is 0.900. The third-order valence-corrected chi connectivity index (χ3v) is 2.10. The van der Waals surface area contributed by atoms with E-state index in [2.05, 4.69) is 5.48 Å². The molecule has 0 aliphatic carbocycles. The number of nitrogens with one attached hydrogen (secondary N) is 1. The molecule has 14 heavy (non-hydrogen) atoms. The quantitative estimate of drug-likeness (QED) is 0.684. The molecule has 0 bridgehead atoms. The maximum atomic E-state index is 11.5. The fourth-order valence-electron chi connectivity index (χ4n) is 1.29. The van der Waals surface area contributed by atoms with Crippen LogP contribution >= 0.6 is 0 Å². The average molecular weight is 201 g/mol. The molecule has 1 aliphatic rings. The first-order valence-corrected chi connectivity index (χ1v) is 4.99. The van der Waals surface area contributed by atoms with Crippen LogP contribution in [0.4, 0.5) is 0 Å². The molecule has 82 valence electrons. The number of hydrogen-bond donors (Lipinski definition) is 1. The van der Waals surface area contributed by atoms with E-state index in [0.29, 0.717) is 6.61 Å². The highest BCUT2D eigenvalue weighted by Gasteiger charge is 2.31. The van der Waals surface area contributed by atoms with Crippen molar-refractivity contribution in [3.05, 3.63) is 0 Å². The molecule has 1 amide bonds. The fourth-order valence-corrected chi connectivity index (χ4v) is 1.29. The number of hydroxylamine groups is 1. The monoisotopic (exact) mass is 201 g/mol. The molecule has 0 aromatic carbocycles. The molecular weight excluding hydrogens is 182 g/mol. The number of amides is 1. The summed E-state index contributed by atoms with van der Waals surface area (Å²) >= 11 is 0. The summed E-state index contributed by atoms with van der Waals surface area (Å²) < 4.78 is 5.30. The van der Waals surface area contributed by atoms with Crippen LogP contribution < -0.4 is 5.48 Å². The minimum Gasteiger partial charge on any atom is -0.368 e. The lowest BCUT2D eigenvalue weighted by Gasteiger charge is -2.21. The van der Waals surface area contributed by atoms with Gasteiger partial charge in [-0.15, -0.1) is 0 Å². The third kappa shape index (κ3) is 3.27. The van der Waals surface area contributed by atoms with E-state index in [9.17, 15) is 4.79 Å². The Kier molecular flexibility index (Phi) is 3.50. The van der Waals surface area contributed by atoms with Crippen molar-refractivity contribution in [3.8, 4) is 0 Å². The molecule has 4 heteroatoms. The highest BCUT2D eigenvalue weighted by atomic mass is 16.7. The van der Waals surface area contributed by atoms with Gasteiger partial charge in [-0.3, -0.25) is 9.63 Å². The minimum atomic E-state index is -0.364. The van der Waals surface area contributed by atoms with E-state index in [-0.39, 0.29) is 23.5 Å². The van der Waals surface area contributed by atoms with E-state index < -0.39 is 0 Å². The van der Waals surface area contributed by atoms with Gasteiger partial charge in [0.05, 0.1) is 5.60 Å². The summed E-state index contributed by atoms with van der Waals surface area (Å²) in [5.74, 6) is 0.100. The van der Waals surface area contributed by atoms with Crippen LogP contribution in [-0.4, -0.2) is 24.2 Å². The van der Waals surface area contributed by atoms with Crippen molar-refractivity contribution in [1.29, 1.82) is 0 Å². The lowest BCUT2D eigenvalue weighted by Crippen LogP contribution is -2.41. The maximum Gasteiger partial charge on any atom is 0.272 e. The van der Waals surface area contributed by atoms with Crippen LogP contribution in [0.25, 0.3) is 0 Å². The largest absolute Gasteiger partial charge is 0.368 e. The summed E-state index contributed by atoms with van der Waals surface area (Å²) in [4.78, 5) is 16.7. The molecule has 0 saturated carbocycles. The van der Waals surface area contributed by atoms with Gasteiger partial charge in [0.2, 0.25) is 0 Å². The van der Waals surface area contributed by atoms with Gasteiger partial charge in [0.15, 0.2) is 0 Å². The molecular formula is C10H19NO3. The molecule has 1 heterocycles. The summed E-state index contributed by atoms with van der Waals surface area (Å²) in [6.07, 6.45) is 0.588. The zero-order valence-electron chi connectivity index (χ0n) is 9.29. The SMILES string of the molecule is CC1CCOC1C(=O)NOC(C)(C)C. The van der Waals surface area contributed by atoms with Gasteiger partial charge in [0.25, 0.3) is 5.91 Å². The number of carbonyl (C=O) groups is 1. The first kappa shape index (κ1) is 11.5. The van der Waals surface area contributed by atoms with Crippen LogP contribution in [0, 0.1) is 5.92 Å². The molecule has 0 radical (unpaired) electrons. The summed E-state index contributed by atoms with van der Waals surface area (Å²) in [5.41, 5.74) is 2.07. The Balaban J connectivity index is 2.35. The van der Waals surface area contributed by atoms with E-state index in [1.54, 1.807) is 0 Å². The van der Waals surface area contributed by atoms with Gasteiger partial charge in [0.1, 0.15) is 6.10 Å². The Hall–Kier alpha value is -0.610. The van der Waals surface area contributed by atoms with Gasteiger partial charge in [-0.05, 0) is 33.1 Å². The molecule has 0 aromatic heterocycles. The Labute approximate surface area is 84.9 Å². The Morgan fingerprint density at radius 1 is 1.50 bits per heavy atom. The molecule has 2 atom stereocenters. The van der Waals surface area contributed by atoms with Crippen molar-refractivity contribution in [2.75, 3.05) is 6.61 Å². The lowest BCUT2D eigenvalue weighted by molar-refractivity contribution is -0.155. The van der Waals surface area contributed by atoms with Crippen LogP contribution in [0.3, 0.4) is 0 Å². The highest BCUT2D eigenvalue weighted by Crippen LogP contribution is 2.20. The first-order chi connectivity index (χ1) is 6.40. The zero-order valence-corrected chi connectivity index (χ0v) is 9.29. The van der Waals surface area contributed by atoms with Gasteiger partial charge >= 0.3 is 0 Å². The Morgan fingerprint density at radius 2 is 2.14 bits per heavy atom. The molecule has 1 aliphatic heterocycles. The van der Waals surface area contributed by atoms with Crippen LogP contribution in [0.2, 0.25) is 0 Å². The van der Waals surface area contributed by atoms with Crippen LogP contribution in [0.15, 0.2) is 0 Å². The van der Waals surface area contributed by atoms with Crippen LogP contribution in [0.1, 0.15) is 34.1 Å². The second-order valence-corrected chi connectivity index (χ2v) is 4.74. The van der Waals surface area contributed by atoms with E-state index in [4.69, 9.17) is 9.57 Å². The normalized spacial score (nSPS) is 27.7. The first-order valence-electron chi connectivity index (χ1n) is 4.99. The van der Waals surface area contributed by atoms with Crippen LogP contribution in [-0.2, 0) is 14.4 Å². The predicted octanol–water partition coefficient (Wildman–Crippen LogP) is 1.26. The maximum absolute atomic E-state index is 11.5. The van der Waals surface area contributed by atoms with Crippen LogP contribution in [0.5, 0.6) is 0 Å². The minimum absolute atomic E-state index is 0.176.